The van der Waals surface area contributed by atoms with Crippen molar-refractivity contribution in [2.45, 2.75) is 12.8 Å². The first-order chi connectivity index (χ1) is 15.3. The normalized spacial score (nSPS) is 14.1. The van der Waals surface area contributed by atoms with E-state index >= 15 is 0 Å². The molecule has 1 atom stereocenters. The molecule has 0 nitrogen and oxygen atoms in total. The van der Waals surface area contributed by atoms with E-state index in [2.05, 4.69) is 122 Å². The van der Waals surface area contributed by atoms with Gasteiger partial charge < -0.3 is 24.8 Å². The molecule has 0 saturated heterocycles. The minimum atomic E-state index is 0. The number of hydrogen-bond donors (Lipinski definition) is 0. The third kappa shape index (κ3) is 4.26. The van der Waals surface area contributed by atoms with Crippen LogP contribution in [0.5, 0.6) is 0 Å². The van der Waals surface area contributed by atoms with E-state index in [9.17, 15) is 0 Å². The van der Waals surface area contributed by atoms with Crippen LogP contribution in [0.15, 0.2) is 115 Å². The maximum absolute atomic E-state index is 2.37. The van der Waals surface area contributed by atoms with Crippen molar-refractivity contribution in [2.75, 3.05) is 0 Å². The van der Waals surface area contributed by atoms with Crippen LogP contribution in [0.4, 0.5) is 0 Å². The number of hydrogen-bond acceptors (Lipinski definition) is 0. The molecule has 0 N–H and O–H groups in total. The Balaban J connectivity index is 0.00000108. The third-order valence-corrected chi connectivity index (χ3v) is 6.67. The standard InChI is InChI=1S/C31H23.2ClH.Hf/c1-21-25-17-10-11-19-27(25)31(29(21)23-14-6-3-7-15-23)30-26-18-9-8-16-24(26)20-28(30)22-12-4-2-5-13-22;;;/h2-20,31H,1H3;2*1H;/q-1;;;/p-2. The van der Waals surface area contributed by atoms with Crippen molar-refractivity contribution in [1.82, 2.24) is 0 Å². The average Bonchev–Trinajstić information content (AvgIpc) is 3.35. The second-order valence-corrected chi connectivity index (χ2v) is 8.35. The van der Waals surface area contributed by atoms with Crippen molar-refractivity contribution < 1.29 is 50.7 Å². The summed E-state index contributed by atoms with van der Waals surface area (Å²) in [5.74, 6) is 0.216. The van der Waals surface area contributed by atoms with Crippen LogP contribution in [0.3, 0.4) is 0 Å². The maximum Gasteiger partial charge on any atom is 0.00278 e. The van der Waals surface area contributed by atoms with Gasteiger partial charge in [0.1, 0.15) is 0 Å². The summed E-state index contributed by atoms with van der Waals surface area (Å²) in [5.41, 5.74) is 10.9. The van der Waals surface area contributed by atoms with Crippen LogP contribution < -0.4 is 24.8 Å². The van der Waals surface area contributed by atoms with Crippen molar-refractivity contribution in [3.05, 3.63) is 138 Å². The van der Waals surface area contributed by atoms with Crippen LogP contribution in [0.2, 0.25) is 0 Å². The second kappa shape index (κ2) is 11.0. The van der Waals surface area contributed by atoms with Crippen LogP contribution in [0.25, 0.3) is 33.0 Å². The van der Waals surface area contributed by atoms with E-state index in [4.69, 9.17) is 0 Å². The summed E-state index contributed by atoms with van der Waals surface area (Å²) in [5, 5.41) is 2.66. The molecule has 0 bridgehead atoms. The van der Waals surface area contributed by atoms with Gasteiger partial charge in [0.05, 0.1) is 0 Å². The van der Waals surface area contributed by atoms with Gasteiger partial charge in [0.15, 0.2) is 0 Å². The van der Waals surface area contributed by atoms with Gasteiger partial charge in [0, 0.05) is 31.8 Å². The topological polar surface area (TPSA) is 0 Å². The Morgan fingerprint density at radius 3 is 1.88 bits per heavy atom. The maximum atomic E-state index is 2.37. The van der Waals surface area contributed by atoms with E-state index in [1.807, 2.05) is 0 Å². The number of halogens is 2. The third-order valence-electron chi connectivity index (χ3n) is 6.67. The van der Waals surface area contributed by atoms with Gasteiger partial charge in [-0.25, -0.2) is 0 Å². The molecule has 0 aromatic heterocycles. The summed E-state index contributed by atoms with van der Waals surface area (Å²) in [7, 11) is 0. The molecule has 3 heteroatoms. The Hall–Kier alpha value is -2.32. The molecule has 0 saturated carbocycles. The van der Waals surface area contributed by atoms with E-state index < -0.39 is 0 Å². The molecular weight excluding hydrogens is 622 g/mol. The zero-order valence-corrected chi connectivity index (χ0v) is 23.9. The second-order valence-electron chi connectivity index (χ2n) is 8.35. The molecular formula is C31H23Cl2Hf-3. The quantitative estimate of drug-likeness (QED) is 0.209. The molecule has 5 aromatic carbocycles. The van der Waals surface area contributed by atoms with E-state index in [0.29, 0.717) is 0 Å². The largest absolute Gasteiger partial charge is 1.00 e. The SMILES string of the molecule is CC1=C(c2ccccc2)C(c2c(-c3ccccc3)[cH-]c3ccccc23)c2ccccc21.[Cl-].[Cl-].[Hf]. The van der Waals surface area contributed by atoms with Crippen LogP contribution in [-0.4, -0.2) is 0 Å². The van der Waals surface area contributed by atoms with Gasteiger partial charge in [-0.3, -0.25) is 0 Å². The molecule has 0 heterocycles. The van der Waals surface area contributed by atoms with Crippen molar-refractivity contribution in [3.63, 3.8) is 0 Å². The van der Waals surface area contributed by atoms with E-state index in [-0.39, 0.29) is 56.6 Å². The van der Waals surface area contributed by atoms with Crippen LogP contribution in [0.1, 0.15) is 35.1 Å². The molecule has 0 radical (unpaired) electrons. The molecule has 1 aliphatic carbocycles. The Labute approximate surface area is 232 Å². The van der Waals surface area contributed by atoms with Gasteiger partial charge in [-0.2, -0.15) is 0 Å². The first-order valence-corrected chi connectivity index (χ1v) is 10.9. The summed E-state index contributed by atoms with van der Waals surface area (Å²) in [6.07, 6.45) is 0. The Bertz CT molecular complexity index is 1430. The van der Waals surface area contributed by atoms with Gasteiger partial charge in [0.25, 0.3) is 0 Å². The zero-order chi connectivity index (χ0) is 20.8. The molecule has 168 valence electrons. The monoisotopic (exact) mass is 645 g/mol. The van der Waals surface area contributed by atoms with Crippen molar-refractivity contribution >= 4 is 21.9 Å². The number of fused-ring (bicyclic) bond motifs is 2. The van der Waals surface area contributed by atoms with Gasteiger partial charge in [-0.1, -0.05) is 109 Å². The molecule has 0 amide bonds. The minimum Gasteiger partial charge on any atom is -1.00 e. The van der Waals surface area contributed by atoms with Gasteiger partial charge in [0.2, 0.25) is 0 Å². The summed E-state index contributed by atoms with van der Waals surface area (Å²) in [6.45, 7) is 2.29. The molecule has 0 fully saturated rings. The molecule has 34 heavy (non-hydrogen) atoms. The smallest absolute Gasteiger partial charge is 0.00278 e. The first kappa shape index (κ1) is 26.3. The zero-order valence-electron chi connectivity index (χ0n) is 18.8. The Morgan fingerprint density at radius 2 is 1.18 bits per heavy atom. The number of allylic oxidation sites excluding steroid dienone is 2. The molecule has 5 aromatic rings. The van der Waals surface area contributed by atoms with Crippen molar-refractivity contribution in [3.8, 4) is 11.1 Å². The van der Waals surface area contributed by atoms with Crippen LogP contribution in [-0.2, 0) is 25.8 Å². The van der Waals surface area contributed by atoms with Crippen LogP contribution in [0, 0.1) is 0 Å². The average molecular weight is 645 g/mol. The summed E-state index contributed by atoms with van der Waals surface area (Å²) < 4.78 is 0. The molecule has 6 rings (SSSR count). The molecule has 0 spiro atoms. The Kier molecular flexibility index (Phi) is 8.47. The minimum absolute atomic E-state index is 0. The van der Waals surface area contributed by atoms with Gasteiger partial charge in [-0.15, -0.1) is 34.0 Å². The molecule has 0 aliphatic heterocycles. The summed E-state index contributed by atoms with van der Waals surface area (Å²) >= 11 is 0. The fourth-order valence-corrected chi connectivity index (χ4v) is 5.32. The van der Waals surface area contributed by atoms with E-state index in [0.717, 1.165) is 0 Å². The van der Waals surface area contributed by atoms with Gasteiger partial charge >= 0.3 is 0 Å². The molecule has 1 aliphatic rings. The summed E-state index contributed by atoms with van der Waals surface area (Å²) in [6, 6.07) is 41.9. The predicted molar refractivity (Wildman–Crippen MR) is 132 cm³/mol. The number of benzene rings is 4. The number of rotatable bonds is 3. The fraction of sp³-hybridized carbons (Fsp3) is 0.0645. The molecule has 1 unspecified atom stereocenters. The van der Waals surface area contributed by atoms with E-state index in [1.54, 1.807) is 0 Å². The van der Waals surface area contributed by atoms with Crippen molar-refractivity contribution in [1.29, 1.82) is 0 Å². The van der Waals surface area contributed by atoms with Crippen molar-refractivity contribution in [2.24, 2.45) is 0 Å². The Morgan fingerprint density at radius 1 is 0.618 bits per heavy atom. The van der Waals surface area contributed by atoms with Crippen LogP contribution >= 0.6 is 0 Å². The van der Waals surface area contributed by atoms with Gasteiger partial charge in [-0.05, 0) is 34.8 Å². The first-order valence-electron chi connectivity index (χ1n) is 10.9. The van der Waals surface area contributed by atoms with E-state index in [1.165, 1.54) is 55.3 Å². The predicted octanol–water partition coefficient (Wildman–Crippen LogP) is 2.31. The fourth-order valence-electron chi connectivity index (χ4n) is 5.32. The summed E-state index contributed by atoms with van der Waals surface area (Å²) in [4.78, 5) is 0.